The second-order valence-electron chi connectivity index (χ2n) is 3.49. The number of urea groups is 1. The highest BCUT2D eigenvalue weighted by molar-refractivity contribution is 6.19. The maximum absolute atomic E-state index is 11.2. The summed E-state index contributed by atoms with van der Waals surface area (Å²) >= 11 is 5.34. The molecule has 3 amide bonds. The lowest BCUT2D eigenvalue weighted by Crippen LogP contribution is -2.45. The van der Waals surface area contributed by atoms with E-state index in [4.69, 9.17) is 11.6 Å². The first kappa shape index (κ1) is 13.2. The lowest BCUT2D eigenvalue weighted by molar-refractivity contribution is -0.119. The molecule has 0 spiro atoms. The molecule has 0 heterocycles. The van der Waals surface area contributed by atoms with Crippen LogP contribution >= 0.6 is 11.6 Å². The van der Waals surface area contributed by atoms with Crippen molar-refractivity contribution in [2.75, 3.05) is 5.88 Å². The second kappa shape index (κ2) is 6.65. The molecule has 2 N–H and O–H groups in total. The molecule has 0 aliphatic rings. The molecule has 0 radical (unpaired) electrons. The fraction of sp³-hybridized carbons (Fsp3) is 0.778. The van der Waals surface area contributed by atoms with E-state index in [9.17, 15) is 9.59 Å². The molecule has 0 saturated carbocycles. The molecule has 0 bridgehead atoms. The zero-order valence-corrected chi connectivity index (χ0v) is 9.52. The molecule has 0 rings (SSSR count). The van der Waals surface area contributed by atoms with Crippen molar-refractivity contribution in [1.29, 1.82) is 0 Å². The Bertz CT molecular complexity index is 207. The van der Waals surface area contributed by atoms with Crippen LogP contribution in [0.3, 0.4) is 0 Å². The normalized spacial score (nSPS) is 12.4. The van der Waals surface area contributed by atoms with Crippen LogP contribution in [0, 0.1) is 5.92 Å². The quantitative estimate of drug-likeness (QED) is 0.706. The fourth-order valence-electron chi connectivity index (χ4n) is 0.684. The number of hydrogen-bond donors (Lipinski definition) is 2. The largest absolute Gasteiger partial charge is 0.335 e. The zero-order valence-electron chi connectivity index (χ0n) is 8.76. The summed E-state index contributed by atoms with van der Waals surface area (Å²) in [6.45, 7) is 5.87. The highest BCUT2D eigenvalue weighted by atomic mass is 35.5. The monoisotopic (exact) mass is 220 g/mol. The summed E-state index contributed by atoms with van der Waals surface area (Å²) in [4.78, 5) is 22.1. The molecule has 0 aromatic rings. The Morgan fingerprint density at radius 3 is 2.29 bits per heavy atom. The Labute approximate surface area is 89.4 Å². The van der Waals surface area contributed by atoms with Crippen LogP contribution < -0.4 is 10.6 Å². The first-order valence-corrected chi connectivity index (χ1v) is 5.17. The minimum Gasteiger partial charge on any atom is -0.335 e. The zero-order chi connectivity index (χ0) is 11.1. The van der Waals surface area contributed by atoms with Gasteiger partial charge in [-0.25, -0.2) is 4.79 Å². The number of imide groups is 1. The van der Waals surface area contributed by atoms with Gasteiger partial charge in [-0.1, -0.05) is 13.8 Å². The molecule has 1 unspecified atom stereocenters. The average molecular weight is 221 g/mol. The van der Waals surface area contributed by atoms with Crippen LogP contribution in [-0.2, 0) is 4.79 Å². The molecular formula is C9H17ClN2O2. The van der Waals surface area contributed by atoms with E-state index < -0.39 is 6.03 Å². The van der Waals surface area contributed by atoms with Crippen molar-refractivity contribution in [3.8, 4) is 0 Å². The summed E-state index contributed by atoms with van der Waals surface area (Å²) in [7, 11) is 0. The van der Waals surface area contributed by atoms with Gasteiger partial charge in [0, 0.05) is 18.3 Å². The van der Waals surface area contributed by atoms with Gasteiger partial charge in [-0.15, -0.1) is 11.6 Å². The summed E-state index contributed by atoms with van der Waals surface area (Å²) < 4.78 is 0. The van der Waals surface area contributed by atoms with Gasteiger partial charge in [0.2, 0.25) is 5.91 Å². The van der Waals surface area contributed by atoms with Crippen LogP contribution in [0.1, 0.15) is 27.2 Å². The molecule has 0 aliphatic carbocycles. The number of nitrogens with one attached hydrogen (secondary N) is 2. The molecule has 0 fully saturated rings. The summed E-state index contributed by atoms with van der Waals surface area (Å²) in [5.41, 5.74) is 0. The summed E-state index contributed by atoms with van der Waals surface area (Å²) in [5.74, 6) is 0.205. The van der Waals surface area contributed by atoms with Crippen LogP contribution in [-0.4, -0.2) is 23.9 Å². The maximum atomic E-state index is 11.2. The molecule has 82 valence electrons. The first-order valence-electron chi connectivity index (χ1n) is 4.63. The number of halogens is 1. The third-order valence-electron chi connectivity index (χ3n) is 1.93. The highest BCUT2D eigenvalue weighted by Crippen LogP contribution is 1.98. The Morgan fingerprint density at radius 1 is 1.29 bits per heavy atom. The number of rotatable bonds is 4. The van der Waals surface area contributed by atoms with E-state index in [1.165, 1.54) is 0 Å². The van der Waals surface area contributed by atoms with Crippen molar-refractivity contribution >= 4 is 23.5 Å². The number of carbonyl (C=O) groups is 2. The van der Waals surface area contributed by atoms with E-state index in [0.29, 0.717) is 5.92 Å². The van der Waals surface area contributed by atoms with Gasteiger partial charge in [0.25, 0.3) is 0 Å². The summed E-state index contributed by atoms with van der Waals surface area (Å²) in [6.07, 6.45) is 0.158. The molecule has 4 nitrogen and oxygen atoms in total. The lowest BCUT2D eigenvalue weighted by atomic mass is 10.1. The van der Waals surface area contributed by atoms with E-state index in [1.54, 1.807) is 0 Å². The minimum atomic E-state index is -0.457. The maximum Gasteiger partial charge on any atom is 0.321 e. The number of hydrogen-bond acceptors (Lipinski definition) is 2. The van der Waals surface area contributed by atoms with Gasteiger partial charge in [0.1, 0.15) is 0 Å². The Balaban J connectivity index is 3.81. The van der Waals surface area contributed by atoms with Crippen LogP contribution in [0.4, 0.5) is 4.79 Å². The van der Waals surface area contributed by atoms with Gasteiger partial charge in [-0.3, -0.25) is 10.1 Å². The van der Waals surface area contributed by atoms with Crippen molar-refractivity contribution in [3.63, 3.8) is 0 Å². The predicted molar refractivity (Wildman–Crippen MR) is 56.3 cm³/mol. The predicted octanol–water partition coefficient (Wildman–Crippen LogP) is 1.49. The van der Waals surface area contributed by atoms with Crippen molar-refractivity contribution in [2.24, 2.45) is 5.92 Å². The van der Waals surface area contributed by atoms with Gasteiger partial charge in [-0.2, -0.15) is 0 Å². The van der Waals surface area contributed by atoms with E-state index in [-0.39, 0.29) is 24.2 Å². The lowest BCUT2D eigenvalue weighted by Gasteiger charge is -2.17. The second-order valence-corrected chi connectivity index (χ2v) is 3.87. The average Bonchev–Trinajstić information content (AvgIpc) is 2.03. The molecule has 1 atom stereocenters. The smallest absolute Gasteiger partial charge is 0.321 e. The Kier molecular flexibility index (Phi) is 6.28. The molecule has 5 heteroatoms. The van der Waals surface area contributed by atoms with E-state index in [0.717, 1.165) is 0 Å². The van der Waals surface area contributed by atoms with Crippen molar-refractivity contribution < 1.29 is 9.59 Å². The third-order valence-corrected chi connectivity index (χ3v) is 2.12. The van der Waals surface area contributed by atoms with Gasteiger partial charge in [0.05, 0.1) is 0 Å². The van der Waals surface area contributed by atoms with E-state index in [1.807, 2.05) is 20.8 Å². The van der Waals surface area contributed by atoms with E-state index in [2.05, 4.69) is 10.6 Å². The minimum absolute atomic E-state index is 0.0406. The summed E-state index contributed by atoms with van der Waals surface area (Å²) in [5, 5.41) is 4.85. The van der Waals surface area contributed by atoms with Gasteiger partial charge < -0.3 is 5.32 Å². The third kappa shape index (κ3) is 5.80. The van der Waals surface area contributed by atoms with Gasteiger partial charge in [-0.05, 0) is 12.8 Å². The van der Waals surface area contributed by atoms with Crippen LogP contribution in [0.2, 0.25) is 0 Å². The topological polar surface area (TPSA) is 58.2 Å². The van der Waals surface area contributed by atoms with Gasteiger partial charge in [0.15, 0.2) is 0 Å². The van der Waals surface area contributed by atoms with Crippen LogP contribution in [0.25, 0.3) is 0 Å². The number of amides is 3. The highest BCUT2D eigenvalue weighted by Gasteiger charge is 2.12. The molecule has 14 heavy (non-hydrogen) atoms. The van der Waals surface area contributed by atoms with Crippen molar-refractivity contribution in [1.82, 2.24) is 10.6 Å². The summed E-state index contributed by atoms with van der Waals surface area (Å²) in [6, 6.07) is -0.417. The Morgan fingerprint density at radius 2 is 1.86 bits per heavy atom. The molecule has 0 aromatic heterocycles. The van der Waals surface area contributed by atoms with Crippen LogP contribution in [0.5, 0.6) is 0 Å². The number of carbonyl (C=O) groups excluding carboxylic acids is 2. The van der Waals surface area contributed by atoms with Crippen molar-refractivity contribution in [2.45, 2.75) is 33.2 Å². The standard InChI is InChI=1S/C9H17ClN2O2/c1-6(2)7(3)11-9(14)12-8(13)4-5-10/h6-7H,4-5H2,1-3H3,(H2,11,12,13,14). The van der Waals surface area contributed by atoms with Gasteiger partial charge >= 0.3 is 6.03 Å². The first-order chi connectivity index (χ1) is 6.47. The van der Waals surface area contributed by atoms with E-state index >= 15 is 0 Å². The fourth-order valence-corrected chi connectivity index (χ4v) is 0.856. The van der Waals surface area contributed by atoms with Crippen LogP contribution in [0.15, 0.2) is 0 Å². The molecule has 0 aromatic carbocycles. The van der Waals surface area contributed by atoms with Crippen molar-refractivity contribution in [3.05, 3.63) is 0 Å². The Hall–Kier alpha value is -0.770. The molecular weight excluding hydrogens is 204 g/mol. The number of alkyl halides is 1. The molecule has 0 saturated heterocycles. The molecule has 0 aliphatic heterocycles. The SMILES string of the molecule is CC(C)C(C)NC(=O)NC(=O)CCCl.